The Morgan fingerprint density at radius 3 is 2.55 bits per heavy atom. The zero-order valence-corrected chi connectivity index (χ0v) is 14.4. The number of benzene rings is 1. The van der Waals surface area contributed by atoms with Crippen molar-refractivity contribution in [3.63, 3.8) is 0 Å². The summed E-state index contributed by atoms with van der Waals surface area (Å²) < 4.78 is 0. The molecular weight excluding hydrogens is 272 g/mol. The first kappa shape index (κ1) is 15.7. The number of Topliss-reactive ketones (excluding diaryl/α,β-unsaturated/α-hetero) is 1. The second kappa shape index (κ2) is 4.92. The SMILES string of the molecule is CC(C)c1ccc2c(c1)[C@H](O)C[C@H]1C(C)(C)C(=O)CC[C@]21C. The largest absolute Gasteiger partial charge is 0.388 e. The lowest BCUT2D eigenvalue weighted by atomic mass is 9.49. The van der Waals surface area contributed by atoms with E-state index in [4.69, 9.17) is 0 Å². The van der Waals surface area contributed by atoms with Crippen LogP contribution in [0.1, 0.15) is 82.6 Å². The van der Waals surface area contributed by atoms with E-state index in [-0.39, 0.29) is 16.7 Å². The van der Waals surface area contributed by atoms with Gasteiger partial charge in [0.2, 0.25) is 0 Å². The highest BCUT2D eigenvalue weighted by atomic mass is 16.3. The van der Waals surface area contributed by atoms with Crippen LogP contribution in [0.4, 0.5) is 0 Å². The maximum Gasteiger partial charge on any atom is 0.138 e. The highest BCUT2D eigenvalue weighted by molar-refractivity contribution is 5.86. The molecular formula is C20H28O2. The maximum atomic E-state index is 12.4. The van der Waals surface area contributed by atoms with E-state index < -0.39 is 6.10 Å². The van der Waals surface area contributed by atoms with Gasteiger partial charge in [0, 0.05) is 11.8 Å². The quantitative estimate of drug-likeness (QED) is 0.828. The van der Waals surface area contributed by atoms with E-state index in [1.165, 1.54) is 11.1 Å². The lowest BCUT2D eigenvalue weighted by molar-refractivity contribution is -0.138. The summed E-state index contributed by atoms with van der Waals surface area (Å²) in [7, 11) is 0. The molecule has 3 rings (SSSR count). The summed E-state index contributed by atoms with van der Waals surface area (Å²) in [6.45, 7) is 10.8. The Bertz CT molecular complexity index is 614. The Morgan fingerprint density at radius 1 is 1.23 bits per heavy atom. The number of hydrogen-bond donors (Lipinski definition) is 1. The van der Waals surface area contributed by atoms with E-state index in [1.807, 2.05) is 0 Å². The van der Waals surface area contributed by atoms with E-state index in [9.17, 15) is 9.90 Å². The van der Waals surface area contributed by atoms with Crippen LogP contribution in [0.3, 0.4) is 0 Å². The summed E-state index contributed by atoms with van der Waals surface area (Å²) in [6, 6.07) is 6.61. The van der Waals surface area contributed by atoms with E-state index >= 15 is 0 Å². The van der Waals surface area contributed by atoms with Gasteiger partial charge in [-0.25, -0.2) is 0 Å². The maximum absolute atomic E-state index is 12.4. The molecule has 3 atom stereocenters. The third kappa shape index (κ3) is 2.07. The van der Waals surface area contributed by atoms with Crippen molar-refractivity contribution < 1.29 is 9.90 Å². The summed E-state index contributed by atoms with van der Waals surface area (Å²) in [6.07, 6.45) is 1.81. The van der Waals surface area contributed by atoms with Crippen molar-refractivity contribution in [2.24, 2.45) is 11.3 Å². The van der Waals surface area contributed by atoms with Crippen LogP contribution in [-0.4, -0.2) is 10.9 Å². The van der Waals surface area contributed by atoms with E-state index in [1.54, 1.807) is 0 Å². The molecule has 2 aliphatic rings. The van der Waals surface area contributed by atoms with Gasteiger partial charge in [0.15, 0.2) is 0 Å². The third-order valence-corrected chi connectivity index (χ3v) is 6.41. The number of hydrogen-bond acceptors (Lipinski definition) is 2. The highest BCUT2D eigenvalue weighted by Gasteiger charge is 2.55. The average Bonchev–Trinajstić information content (AvgIpc) is 2.46. The van der Waals surface area contributed by atoms with E-state index in [0.29, 0.717) is 24.5 Å². The van der Waals surface area contributed by atoms with Gasteiger partial charge in [0.25, 0.3) is 0 Å². The molecule has 1 aromatic rings. The highest BCUT2D eigenvalue weighted by Crippen LogP contribution is 2.58. The Labute approximate surface area is 133 Å². The molecule has 0 bridgehead atoms. The normalized spacial score (nSPS) is 33.5. The predicted octanol–water partition coefficient (Wildman–Crippen LogP) is 4.51. The van der Waals surface area contributed by atoms with Gasteiger partial charge in [-0.1, -0.05) is 52.8 Å². The van der Waals surface area contributed by atoms with Gasteiger partial charge in [-0.3, -0.25) is 4.79 Å². The molecule has 0 radical (unpaired) electrons. The number of aliphatic hydroxyl groups is 1. The summed E-state index contributed by atoms with van der Waals surface area (Å²) in [5.41, 5.74) is 3.30. The molecule has 1 aromatic carbocycles. The van der Waals surface area contributed by atoms with E-state index in [2.05, 4.69) is 52.8 Å². The molecule has 1 N–H and O–H groups in total. The summed E-state index contributed by atoms with van der Waals surface area (Å²) in [5, 5.41) is 10.7. The minimum atomic E-state index is -0.447. The summed E-state index contributed by atoms with van der Waals surface area (Å²) >= 11 is 0. The molecule has 2 nitrogen and oxygen atoms in total. The first-order valence-electron chi connectivity index (χ1n) is 8.53. The molecule has 0 aromatic heterocycles. The van der Waals surface area contributed by atoms with Crippen LogP contribution in [0.2, 0.25) is 0 Å². The van der Waals surface area contributed by atoms with Crippen molar-refractivity contribution >= 4 is 5.78 Å². The van der Waals surface area contributed by atoms with Crippen molar-refractivity contribution in [1.29, 1.82) is 0 Å². The van der Waals surface area contributed by atoms with Crippen LogP contribution in [0.15, 0.2) is 18.2 Å². The smallest absolute Gasteiger partial charge is 0.138 e. The molecule has 2 aliphatic carbocycles. The number of aliphatic hydroxyl groups excluding tert-OH is 1. The molecule has 120 valence electrons. The second-order valence-corrected chi connectivity index (χ2v) is 8.37. The van der Waals surface area contributed by atoms with Crippen molar-refractivity contribution in [2.75, 3.05) is 0 Å². The van der Waals surface area contributed by atoms with Crippen molar-refractivity contribution in [2.45, 2.75) is 71.3 Å². The van der Waals surface area contributed by atoms with Gasteiger partial charge in [-0.05, 0) is 46.8 Å². The van der Waals surface area contributed by atoms with Gasteiger partial charge >= 0.3 is 0 Å². The molecule has 22 heavy (non-hydrogen) atoms. The van der Waals surface area contributed by atoms with Gasteiger partial charge in [0.05, 0.1) is 6.10 Å². The molecule has 0 saturated heterocycles. The molecule has 0 unspecified atom stereocenters. The zero-order valence-electron chi connectivity index (χ0n) is 14.4. The fourth-order valence-electron chi connectivity index (χ4n) is 4.82. The monoisotopic (exact) mass is 300 g/mol. The second-order valence-electron chi connectivity index (χ2n) is 8.37. The minimum Gasteiger partial charge on any atom is -0.388 e. The number of carbonyl (C=O) groups excluding carboxylic acids is 1. The molecule has 0 amide bonds. The van der Waals surface area contributed by atoms with Crippen molar-refractivity contribution in [1.82, 2.24) is 0 Å². The predicted molar refractivity (Wildman–Crippen MR) is 89.0 cm³/mol. The Hall–Kier alpha value is -1.15. The van der Waals surface area contributed by atoms with Crippen LogP contribution in [-0.2, 0) is 10.2 Å². The molecule has 2 heteroatoms. The third-order valence-electron chi connectivity index (χ3n) is 6.41. The molecule has 1 saturated carbocycles. The number of fused-ring (bicyclic) bond motifs is 3. The number of rotatable bonds is 1. The minimum absolute atomic E-state index is 0.00147. The van der Waals surface area contributed by atoms with Gasteiger partial charge in [-0.15, -0.1) is 0 Å². The fraction of sp³-hybridized carbons (Fsp3) is 0.650. The van der Waals surface area contributed by atoms with Crippen molar-refractivity contribution in [3.8, 4) is 0 Å². The molecule has 0 aliphatic heterocycles. The lowest BCUT2D eigenvalue weighted by Gasteiger charge is -2.54. The topological polar surface area (TPSA) is 37.3 Å². The average molecular weight is 300 g/mol. The van der Waals surface area contributed by atoms with Crippen LogP contribution in [0.5, 0.6) is 0 Å². The number of ketones is 1. The molecule has 1 fully saturated rings. The Balaban J connectivity index is 2.14. The molecule has 0 spiro atoms. The molecule has 0 heterocycles. The van der Waals surface area contributed by atoms with Crippen molar-refractivity contribution in [3.05, 3.63) is 34.9 Å². The van der Waals surface area contributed by atoms with Gasteiger partial charge in [0.1, 0.15) is 5.78 Å². The Morgan fingerprint density at radius 2 is 1.91 bits per heavy atom. The van der Waals surface area contributed by atoms with E-state index in [0.717, 1.165) is 12.0 Å². The van der Waals surface area contributed by atoms with Crippen LogP contribution < -0.4 is 0 Å². The summed E-state index contributed by atoms with van der Waals surface area (Å²) in [5.74, 6) is 1.03. The summed E-state index contributed by atoms with van der Waals surface area (Å²) in [4.78, 5) is 12.4. The number of carbonyl (C=O) groups is 1. The van der Waals surface area contributed by atoms with Crippen LogP contribution in [0.25, 0.3) is 0 Å². The standard InChI is InChI=1S/C20H28O2/c1-12(2)13-6-7-15-14(10-13)16(21)11-17-19(3,4)18(22)8-9-20(15,17)5/h6-7,10,12,16-17,21H,8-9,11H2,1-5H3/t16-,17+,20-/m1/s1. The fourth-order valence-corrected chi connectivity index (χ4v) is 4.82. The zero-order chi connectivity index (χ0) is 16.3. The Kier molecular flexibility index (Phi) is 3.52. The first-order valence-corrected chi connectivity index (χ1v) is 8.53. The first-order chi connectivity index (χ1) is 10.2. The lowest BCUT2D eigenvalue weighted by Crippen LogP contribution is -2.52. The van der Waals surface area contributed by atoms with Crippen LogP contribution >= 0.6 is 0 Å². The van der Waals surface area contributed by atoms with Gasteiger partial charge in [-0.2, -0.15) is 0 Å². The van der Waals surface area contributed by atoms with Crippen LogP contribution in [0, 0.1) is 11.3 Å². The van der Waals surface area contributed by atoms with Gasteiger partial charge < -0.3 is 5.11 Å².